The fraction of sp³-hybridized carbons (Fsp3) is 0.241. The predicted molar refractivity (Wildman–Crippen MR) is 131 cm³/mol. The van der Waals surface area contributed by atoms with Crippen molar-refractivity contribution in [1.29, 1.82) is 5.26 Å². The van der Waals surface area contributed by atoms with Gasteiger partial charge in [0, 0.05) is 54.0 Å². The van der Waals surface area contributed by atoms with Crippen LogP contribution in [0.5, 0.6) is 5.75 Å². The molecule has 36 heavy (non-hydrogen) atoms. The minimum Gasteiger partial charge on any atom is -0.488 e. The molecule has 1 fully saturated rings. The lowest BCUT2D eigenvalue weighted by molar-refractivity contribution is 0.193. The third-order valence-electron chi connectivity index (χ3n) is 6.98. The SMILES string of the molecule is C/C(C#N)=C1\c2ccc(Cc3c(C4CCOC4)nc4cc(F)ccn34)cc2COc2cc(F)ccc21. The molecule has 2 aliphatic heterocycles. The number of hydrogen-bond donors (Lipinski definition) is 0. The number of allylic oxidation sites excluding steroid dienone is 1. The van der Waals surface area contributed by atoms with Crippen molar-refractivity contribution in [3.63, 3.8) is 0 Å². The number of ether oxygens (including phenoxy) is 2. The Bertz CT molecular complexity index is 1580. The number of nitriles is 1. The van der Waals surface area contributed by atoms with E-state index in [9.17, 15) is 14.0 Å². The molecular formula is C29H23F2N3O2. The fourth-order valence-electron chi connectivity index (χ4n) is 5.24. The van der Waals surface area contributed by atoms with Crippen molar-refractivity contribution in [2.75, 3.05) is 13.2 Å². The molecule has 0 N–H and O–H groups in total. The minimum atomic E-state index is -0.387. The lowest BCUT2D eigenvalue weighted by atomic mass is 9.89. The summed E-state index contributed by atoms with van der Waals surface area (Å²) in [6, 6.07) is 15.7. The summed E-state index contributed by atoms with van der Waals surface area (Å²) in [5.74, 6) is -0.116. The van der Waals surface area contributed by atoms with Gasteiger partial charge in [0.1, 0.15) is 29.6 Å². The van der Waals surface area contributed by atoms with Gasteiger partial charge in [0.2, 0.25) is 0 Å². The van der Waals surface area contributed by atoms with Crippen LogP contribution >= 0.6 is 0 Å². The third kappa shape index (κ3) is 3.84. The molecule has 4 heterocycles. The monoisotopic (exact) mass is 483 g/mol. The standard InChI is InChI=1S/C29H23F2N3O2/c1-17(14-32)28-23-4-2-18(10-20(23)16-36-26-12-21(30)3-5-24(26)28)11-25-29(19-7-9-35-15-19)33-27-13-22(31)6-8-34(25)27/h2-6,8,10,12-13,19H,7,9,11,15-16H2,1H3/b28-17-. The Kier molecular flexibility index (Phi) is 5.54. The van der Waals surface area contributed by atoms with Gasteiger partial charge in [0.05, 0.1) is 24.1 Å². The second-order valence-electron chi connectivity index (χ2n) is 9.29. The van der Waals surface area contributed by atoms with Crippen LogP contribution in [0.1, 0.15) is 52.9 Å². The van der Waals surface area contributed by atoms with E-state index in [0.29, 0.717) is 42.2 Å². The number of nitrogens with zero attached hydrogens (tertiary/aromatic N) is 3. The summed E-state index contributed by atoms with van der Waals surface area (Å²) in [7, 11) is 0. The van der Waals surface area contributed by atoms with E-state index in [1.54, 1.807) is 19.2 Å². The van der Waals surface area contributed by atoms with Gasteiger partial charge in [-0.05, 0) is 48.2 Å². The first-order valence-electron chi connectivity index (χ1n) is 11.9. The van der Waals surface area contributed by atoms with Crippen molar-refractivity contribution in [3.8, 4) is 11.8 Å². The fourth-order valence-corrected chi connectivity index (χ4v) is 5.24. The quantitative estimate of drug-likeness (QED) is 0.338. The number of halogens is 2. The zero-order chi connectivity index (χ0) is 24.8. The van der Waals surface area contributed by atoms with E-state index in [-0.39, 0.29) is 24.2 Å². The molecule has 0 saturated carbocycles. The van der Waals surface area contributed by atoms with Gasteiger partial charge in [0.25, 0.3) is 0 Å². The van der Waals surface area contributed by atoms with E-state index >= 15 is 0 Å². The summed E-state index contributed by atoms with van der Waals surface area (Å²) in [6.07, 6.45) is 3.19. The highest BCUT2D eigenvalue weighted by Crippen LogP contribution is 2.39. The number of rotatable bonds is 3. The van der Waals surface area contributed by atoms with Gasteiger partial charge in [-0.1, -0.05) is 18.2 Å². The minimum absolute atomic E-state index is 0.171. The molecule has 2 aromatic heterocycles. The van der Waals surface area contributed by atoms with Gasteiger partial charge < -0.3 is 13.9 Å². The van der Waals surface area contributed by atoms with Gasteiger partial charge in [0.15, 0.2) is 0 Å². The average Bonchev–Trinajstić information content (AvgIpc) is 3.49. The van der Waals surface area contributed by atoms with Crippen LogP contribution in [0.4, 0.5) is 8.78 Å². The molecule has 0 bridgehead atoms. The number of hydrogen-bond acceptors (Lipinski definition) is 4. The largest absolute Gasteiger partial charge is 0.488 e. The topological polar surface area (TPSA) is 59.5 Å². The molecule has 7 heteroatoms. The second-order valence-corrected chi connectivity index (χ2v) is 9.29. The van der Waals surface area contributed by atoms with Gasteiger partial charge in [-0.2, -0.15) is 5.26 Å². The molecule has 0 aliphatic carbocycles. The zero-order valence-electron chi connectivity index (χ0n) is 19.7. The molecule has 4 aromatic rings. The Balaban J connectivity index is 1.44. The Morgan fingerprint density at radius 1 is 1.11 bits per heavy atom. The average molecular weight is 484 g/mol. The highest BCUT2D eigenvalue weighted by atomic mass is 19.1. The number of pyridine rings is 1. The molecular weight excluding hydrogens is 460 g/mol. The Morgan fingerprint density at radius 3 is 2.75 bits per heavy atom. The maximum Gasteiger partial charge on any atom is 0.140 e. The summed E-state index contributed by atoms with van der Waals surface area (Å²) in [5.41, 5.74) is 7.36. The summed E-state index contributed by atoms with van der Waals surface area (Å²) in [6.45, 7) is 3.31. The molecule has 0 spiro atoms. The summed E-state index contributed by atoms with van der Waals surface area (Å²) >= 11 is 0. The van der Waals surface area contributed by atoms with Crippen LogP contribution in [0.25, 0.3) is 11.2 Å². The van der Waals surface area contributed by atoms with Crippen molar-refractivity contribution in [1.82, 2.24) is 9.38 Å². The first-order valence-corrected chi connectivity index (χ1v) is 11.9. The normalized spacial score (nSPS) is 18.2. The van der Waals surface area contributed by atoms with Crippen LogP contribution < -0.4 is 4.74 Å². The van der Waals surface area contributed by atoms with Crippen LogP contribution in [0, 0.1) is 23.0 Å². The number of imidazole rings is 1. The Hall–Kier alpha value is -4.02. The smallest absolute Gasteiger partial charge is 0.140 e. The molecule has 2 aromatic carbocycles. The maximum absolute atomic E-state index is 14.0. The first-order chi connectivity index (χ1) is 17.5. The van der Waals surface area contributed by atoms with Crippen LogP contribution in [-0.2, 0) is 17.8 Å². The highest BCUT2D eigenvalue weighted by Gasteiger charge is 2.26. The number of benzene rings is 2. The molecule has 0 radical (unpaired) electrons. The third-order valence-corrected chi connectivity index (χ3v) is 6.98. The zero-order valence-corrected chi connectivity index (χ0v) is 19.7. The second kappa shape index (κ2) is 8.89. The van der Waals surface area contributed by atoms with Gasteiger partial charge in [-0.15, -0.1) is 0 Å². The van der Waals surface area contributed by atoms with E-state index in [2.05, 4.69) is 12.1 Å². The highest BCUT2D eigenvalue weighted by molar-refractivity contribution is 5.88. The Morgan fingerprint density at radius 2 is 1.94 bits per heavy atom. The van der Waals surface area contributed by atoms with Crippen molar-refractivity contribution in [3.05, 3.63) is 106 Å². The molecule has 5 nitrogen and oxygen atoms in total. The van der Waals surface area contributed by atoms with Gasteiger partial charge in [-0.25, -0.2) is 13.8 Å². The van der Waals surface area contributed by atoms with E-state index in [1.807, 2.05) is 16.5 Å². The maximum atomic E-state index is 14.0. The molecule has 1 saturated heterocycles. The molecule has 0 amide bonds. The molecule has 6 rings (SSSR count). The van der Waals surface area contributed by atoms with Crippen LogP contribution in [-0.4, -0.2) is 22.6 Å². The lowest BCUT2D eigenvalue weighted by Gasteiger charge is -2.14. The van der Waals surface area contributed by atoms with Crippen molar-refractivity contribution in [2.45, 2.75) is 32.3 Å². The van der Waals surface area contributed by atoms with Crippen LogP contribution in [0.2, 0.25) is 0 Å². The predicted octanol–water partition coefficient (Wildman–Crippen LogP) is 5.94. The van der Waals surface area contributed by atoms with Crippen molar-refractivity contribution < 1.29 is 18.3 Å². The van der Waals surface area contributed by atoms with Crippen molar-refractivity contribution >= 4 is 11.2 Å². The Labute approximate surface area is 207 Å². The number of fused-ring (bicyclic) bond motifs is 3. The van der Waals surface area contributed by atoms with E-state index in [0.717, 1.165) is 40.1 Å². The van der Waals surface area contributed by atoms with E-state index in [1.165, 1.54) is 24.3 Å². The van der Waals surface area contributed by atoms with Crippen LogP contribution in [0.3, 0.4) is 0 Å². The van der Waals surface area contributed by atoms with Crippen LogP contribution in [0.15, 0.2) is 60.3 Å². The summed E-state index contributed by atoms with van der Waals surface area (Å²) in [5, 5.41) is 9.70. The van der Waals surface area contributed by atoms with Gasteiger partial charge >= 0.3 is 0 Å². The molecule has 1 atom stereocenters. The lowest BCUT2D eigenvalue weighted by Crippen LogP contribution is -2.05. The van der Waals surface area contributed by atoms with Gasteiger partial charge in [-0.3, -0.25) is 0 Å². The summed E-state index contributed by atoms with van der Waals surface area (Å²) < 4.78 is 41.5. The molecule has 180 valence electrons. The molecule has 1 unspecified atom stereocenters. The summed E-state index contributed by atoms with van der Waals surface area (Å²) in [4.78, 5) is 4.78. The van der Waals surface area contributed by atoms with Crippen molar-refractivity contribution in [2.24, 2.45) is 0 Å². The van der Waals surface area contributed by atoms with E-state index in [4.69, 9.17) is 14.5 Å². The first kappa shape index (κ1) is 22.4. The van der Waals surface area contributed by atoms with E-state index < -0.39 is 0 Å². The molecule has 2 aliphatic rings. The number of aromatic nitrogens is 2.